The van der Waals surface area contributed by atoms with Gasteiger partial charge in [0.1, 0.15) is 5.82 Å². The molecule has 2 unspecified atom stereocenters. The SMILES string of the molecule is O=C1CCC2CCCCN12.O=C1CCC2CN(c3ccc([N+](=O)[O-])cc3)CCN12.O=[N+]([O-])c1ccc(F)cc1. The van der Waals surface area contributed by atoms with E-state index in [9.17, 15) is 34.2 Å². The molecule has 4 saturated heterocycles. The summed E-state index contributed by atoms with van der Waals surface area (Å²) in [5.74, 6) is 0.184. The molecule has 11 nitrogen and oxygen atoms in total. The number of piperidine rings is 1. The first-order valence-electron chi connectivity index (χ1n) is 13.2. The van der Waals surface area contributed by atoms with Crippen LogP contribution in [0.3, 0.4) is 0 Å². The Labute approximate surface area is 225 Å². The maximum Gasteiger partial charge on any atom is 0.269 e. The van der Waals surface area contributed by atoms with Gasteiger partial charge in [0.2, 0.25) is 11.8 Å². The molecular formula is C27H32FN5O6. The summed E-state index contributed by atoms with van der Waals surface area (Å²) >= 11 is 0. The molecule has 0 aliphatic carbocycles. The van der Waals surface area contributed by atoms with E-state index in [1.54, 1.807) is 12.1 Å². The van der Waals surface area contributed by atoms with Gasteiger partial charge in [0.15, 0.2) is 0 Å². The first-order chi connectivity index (χ1) is 18.7. The molecule has 0 radical (unpaired) electrons. The highest BCUT2D eigenvalue weighted by Gasteiger charge is 2.35. The molecule has 4 fully saturated rings. The number of halogens is 1. The second kappa shape index (κ2) is 12.6. The molecule has 12 heteroatoms. The second-order valence-electron chi connectivity index (χ2n) is 10.0. The monoisotopic (exact) mass is 541 g/mol. The highest BCUT2D eigenvalue weighted by molar-refractivity contribution is 5.79. The number of hydrogen-bond donors (Lipinski definition) is 0. The number of nitro groups is 2. The zero-order valence-electron chi connectivity index (χ0n) is 21.6. The Morgan fingerprint density at radius 2 is 1.23 bits per heavy atom. The quantitative estimate of drug-likeness (QED) is 0.418. The number of nitro benzene ring substituents is 2. The number of piperazine rings is 1. The third kappa shape index (κ3) is 7.06. The molecule has 2 aromatic carbocycles. The van der Waals surface area contributed by atoms with Gasteiger partial charge in [-0.2, -0.15) is 0 Å². The minimum Gasteiger partial charge on any atom is -0.368 e. The molecule has 208 valence electrons. The number of carbonyl (C=O) groups excluding carboxylic acids is 2. The molecule has 39 heavy (non-hydrogen) atoms. The van der Waals surface area contributed by atoms with Gasteiger partial charge in [-0.15, -0.1) is 0 Å². The Balaban J connectivity index is 0.000000149. The molecule has 6 rings (SSSR count). The van der Waals surface area contributed by atoms with Crippen molar-refractivity contribution in [1.29, 1.82) is 0 Å². The average molecular weight is 542 g/mol. The van der Waals surface area contributed by atoms with Crippen molar-refractivity contribution in [3.05, 3.63) is 74.6 Å². The van der Waals surface area contributed by atoms with Crippen molar-refractivity contribution in [2.45, 2.75) is 57.0 Å². The molecule has 0 N–H and O–H groups in total. The molecule has 0 aromatic heterocycles. The smallest absolute Gasteiger partial charge is 0.269 e. The van der Waals surface area contributed by atoms with Crippen molar-refractivity contribution in [3.63, 3.8) is 0 Å². The summed E-state index contributed by atoms with van der Waals surface area (Å²) in [5, 5.41) is 20.6. The lowest BCUT2D eigenvalue weighted by atomic mass is 10.0. The Hall–Kier alpha value is -4.09. The number of non-ortho nitro benzene ring substituents is 2. The summed E-state index contributed by atoms with van der Waals surface area (Å²) in [4.78, 5) is 48.6. The van der Waals surface area contributed by atoms with E-state index in [0.29, 0.717) is 24.4 Å². The van der Waals surface area contributed by atoms with Crippen LogP contribution in [0.15, 0.2) is 48.5 Å². The van der Waals surface area contributed by atoms with Gasteiger partial charge in [-0.25, -0.2) is 4.39 Å². The Bertz CT molecular complexity index is 1190. The van der Waals surface area contributed by atoms with Gasteiger partial charge >= 0.3 is 0 Å². The lowest BCUT2D eigenvalue weighted by Gasteiger charge is -2.38. The van der Waals surface area contributed by atoms with Crippen LogP contribution in [-0.4, -0.2) is 69.7 Å². The number of hydrogen-bond acceptors (Lipinski definition) is 7. The number of carbonyl (C=O) groups is 2. The standard InChI is InChI=1S/C13H15N3O3.C8H13NO.C6H4FNO2/c17-13-6-5-12-9-14(7-8-15(12)13)10-1-3-11(4-2-10)16(18)19;10-8-5-4-7-3-1-2-6-9(7)8;7-5-1-3-6(4-2-5)8(9)10/h1-4,12H,5-9H2;7H,1-6H2;1-4H. The van der Waals surface area contributed by atoms with Gasteiger partial charge in [0.25, 0.3) is 11.4 Å². The minimum atomic E-state index is -0.570. The first-order valence-corrected chi connectivity index (χ1v) is 13.2. The normalized spacial score (nSPS) is 21.7. The van der Waals surface area contributed by atoms with E-state index >= 15 is 0 Å². The Morgan fingerprint density at radius 1 is 0.692 bits per heavy atom. The molecule has 2 amide bonds. The van der Waals surface area contributed by atoms with Crippen LogP contribution >= 0.6 is 0 Å². The van der Waals surface area contributed by atoms with Crippen LogP contribution in [0, 0.1) is 26.0 Å². The van der Waals surface area contributed by atoms with E-state index in [0.717, 1.165) is 75.4 Å². The fraction of sp³-hybridized carbons (Fsp3) is 0.481. The number of nitrogens with zero attached hydrogens (tertiary/aromatic N) is 5. The highest BCUT2D eigenvalue weighted by atomic mass is 19.1. The van der Waals surface area contributed by atoms with Crippen molar-refractivity contribution >= 4 is 28.9 Å². The van der Waals surface area contributed by atoms with Crippen molar-refractivity contribution in [3.8, 4) is 0 Å². The van der Waals surface area contributed by atoms with Gasteiger partial charge in [0.05, 0.1) is 9.85 Å². The highest BCUT2D eigenvalue weighted by Crippen LogP contribution is 2.28. The van der Waals surface area contributed by atoms with E-state index in [1.165, 1.54) is 31.4 Å². The van der Waals surface area contributed by atoms with Gasteiger partial charge in [-0.3, -0.25) is 29.8 Å². The van der Waals surface area contributed by atoms with Gasteiger partial charge in [-0.1, -0.05) is 0 Å². The maximum absolute atomic E-state index is 12.1. The summed E-state index contributed by atoms with van der Waals surface area (Å²) in [5.41, 5.74) is 1.00. The summed E-state index contributed by atoms with van der Waals surface area (Å²) in [6.07, 6.45) is 7.31. The third-order valence-electron chi connectivity index (χ3n) is 7.60. The molecule has 2 aromatic rings. The van der Waals surface area contributed by atoms with Crippen molar-refractivity contribution in [2.75, 3.05) is 31.1 Å². The molecule has 2 atom stereocenters. The fourth-order valence-electron chi connectivity index (χ4n) is 5.51. The van der Waals surface area contributed by atoms with Crippen LogP contribution in [-0.2, 0) is 9.59 Å². The van der Waals surface area contributed by atoms with Gasteiger partial charge in [-0.05, 0) is 56.4 Å². The van der Waals surface area contributed by atoms with E-state index < -0.39 is 15.7 Å². The largest absolute Gasteiger partial charge is 0.368 e. The first kappa shape index (κ1) is 27.9. The second-order valence-corrected chi connectivity index (χ2v) is 10.0. The predicted octanol–water partition coefficient (Wildman–Crippen LogP) is 4.30. The van der Waals surface area contributed by atoms with Crippen LogP contribution in [0.5, 0.6) is 0 Å². The lowest BCUT2D eigenvalue weighted by Crippen LogP contribution is -2.51. The minimum absolute atomic E-state index is 0.0959. The Morgan fingerprint density at radius 3 is 1.79 bits per heavy atom. The Kier molecular flexibility index (Phi) is 9.05. The molecule has 4 aliphatic heterocycles. The topological polar surface area (TPSA) is 130 Å². The lowest BCUT2D eigenvalue weighted by molar-refractivity contribution is -0.385. The third-order valence-corrected chi connectivity index (χ3v) is 7.60. The van der Waals surface area contributed by atoms with Crippen LogP contribution in [0.25, 0.3) is 0 Å². The zero-order chi connectivity index (χ0) is 27.9. The summed E-state index contributed by atoms with van der Waals surface area (Å²) in [7, 11) is 0. The summed E-state index contributed by atoms with van der Waals surface area (Å²) in [6.45, 7) is 3.40. The van der Waals surface area contributed by atoms with Gasteiger partial charge < -0.3 is 14.7 Å². The molecule has 0 saturated carbocycles. The van der Waals surface area contributed by atoms with Crippen molar-refractivity contribution in [1.82, 2.24) is 9.80 Å². The average Bonchev–Trinajstić information content (AvgIpc) is 3.51. The number of benzene rings is 2. The molecule has 4 heterocycles. The van der Waals surface area contributed by atoms with Crippen LogP contribution < -0.4 is 4.90 Å². The summed E-state index contributed by atoms with van der Waals surface area (Å²) < 4.78 is 12.1. The predicted molar refractivity (Wildman–Crippen MR) is 142 cm³/mol. The van der Waals surface area contributed by atoms with Crippen LogP contribution in [0.2, 0.25) is 0 Å². The van der Waals surface area contributed by atoms with Crippen molar-refractivity contribution < 1.29 is 23.8 Å². The van der Waals surface area contributed by atoms with Crippen molar-refractivity contribution in [2.24, 2.45) is 0 Å². The van der Waals surface area contributed by atoms with E-state index in [1.807, 2.05) is 4.90 Å². The number of anilines is 1. The van der Waals surface area contributed by atoms with Gasteiger partial charge in [0, 0.05) is 81.1 Å². The fourth-order valence-corrected chi connectivity index (χ4v) is 5.51. The zero-order valence-corrected chi connectivity index (χ0v) is 21.6. The van der Waals surface area contributed by atoms with E-state index in [4.69, 9.17) is 0 Å². The van der Waals surface area contributed by atoms with E-state index in [2.05, 4.69) is 9.80 Å². The number of amides is 2. The van der Waals surface area contributed by atoms with Crippen LogP contribution in [0.4, 0.5) is 21.5 Å². The molecule has 0 spiro atoms. The summed E-state index contributed by atoms with van der Waals surface area (Å²) in [6, 6.07) is 11.9. The maximum atomic E-state index is 12.1. The van der Waals surface area contributed by atoms with Crippen LogP contribution in [0.1, 0.15) is 44.9 Å². The number of rotatable bonds is 3. The molecular weight excluding hydrogens is 509 g/mol. The number of fused-ring (bicyclic) bond motifs is 2. The molecule has 0 bridgehead atoms. The van der Waals surface area contributed by atoms with E-state index in [-0.39, 0.29) is 17.3 Å². The molecule has 4 aliphatic rings.